The summed E-state index contributed by atoms with van der Waals surface area (Å²) in [6.07, 6.45) is 2.01. The Morgan fingerprint density at radius 3 is 2.58 bits per heavy atom. The minimum absolute atomic E-state index is 0.0646. The molecule has 0 aliphatic carbocycles. The number of thioether (sulfide) groups is 1. The average Bonchev–Trinajstić information content (AvgIpc) is 2.45. The summed E-state index contributed by atoms with van der Waals surface area (Å²) in [7, 11) is 1.77. The molecule has 0 bridgehead atoms. The first-order valence-corrected chi connectivity index (χ1v) is 7.46. The number of halogens is 1. The van der Waals surface area contributed by atoms with Gasteiger partial charge in [0.15, 0.2) is 0 Å². The summed E-state index contributed by atoms with van der Waals surface area (Å²) in [5.41, 5.74) is 0.556. The van der Waals surface area contributed by atoms with E-state index in [1.54, 1.807) is 48.0 Å². The van der Waals surface area contributed by atoms with E-state index in [-0.39, 0.29) is 11.7 Å². The second-order valence-electron chi connectivity index (χ2n) is 4.36. The van der Waals surface area contributed by atoms with Gasteiger partial charge in [-0.25, -0.2) is 4.39 Å². The minimum Gasteiger partial charge on any atom is -0.341 e. The molecule has 0 saturated heterocycles. The maximum atomic E-state index is 13.7. The summed E-state index contributed by atoms with van der Waals surface area (Å²) in [6, 6.07) is 10.0. The Bertz CT molecular complexity index is 600. The molecule has 0 N–H and O–H groups in total. The Morgan fingerprint density at radius 2 is 1.89 bits per heavy atom. The van der Waals surface area contributed by atoms with E-state index in [2.05, 4.69) is 0 Å². The van der Waals surface area contributed by atoms with Crippen LogP contribution in [-0.2, 0) is 0 Å². The molecule has 2 rings (SSSR count). The van der Waals surface area contributed by atoms with Gasteiger partial charge in [-0.15, -0.1) is 0 Å². The fourth-order valence-corrected chi connectivity index (χ4v) is 2.44. The van der Waals surface area contributed by atoms with E-state index in [4.69, 9.17) is 0 Å². The molecule has 0 aliphatic heterocycles. The van der Waals surface area contributed by atoms with Crippen LogP contribution in [0.1, 0.15) is 10.4 Å². The number of hydrogen-bond donors (Lipinski definition) is 0. The Labute approximate surface area is 116 Å². The monoisotopic (exact) mass is 277 g/mol. The first-order valence-electron chi connectivity index (χ1n) is 6.07. The first kappa shape index (κ1) is 13.9. The lowest BCUT2D eigenvalue weighted by atomic mass is 10.0. The highest BCUT2D eigenvalue weighted by molar-refractivity contribution is 7.98. The van der Waals surface area contributed by atoms with Gasteiger partial charge in [0.25, 0.3) is 5.91 Å². The van der Waals surface area contributed by atoms with Crippen LogP contribution in [0.5, 0.6) is 0 Å². The van der Waals surface area contributed by atoms with Crippen LogP contribution in [0.3, 0.4) is 0 Å². The lowest BCUT2D eigenvalue weighted by Gasteiger charge is -2.17. The molecular weight excluding hydrogens is 261 g/mol. The van der Waals surface area contributed by atoms with Gasteiger partial charge in [0.05, 0.1) is 0 Å². The van der Waals surface area contributed by atoms with Crippen molar-refractivity contribution in [3.63, 3.8) is 0 Å². The van der Waals surface area contributed by atoms with Gasteiger partial charge < -0.3 is 4.90 Å². The smallest absolute Gasteiger partial charge is 0.254 e. The molecule has 1 amide bonds. The summed E-state index contributed by atoms with van der Waals surface area (Å²) < 4.78 is 13.7. The van der Waals surface area contributed by atoms with Gasteiger partial charge in [-0.1, -0.05) is 24.3 Å². The van der Waals surface area contributed by atoms with Crippen molar-refractivity contribution in [2.45, 2.75) is 0 Å². The number of benzene rings is 2. The highest BCUT2D eigenvalue weighted by Gasteiger charge is 2.15. The number of carbonyl (C=O) groups excluding carboxylic acids is 1. The van der Waals surface area contributed by atoms with Crippen molar-refractivity contribution in [2.24, 2.45) is 0 Å². The van der Waals surface area contributed by atoms with Gasteiger partial charge in [0.2, 0.25) is 0 Å². The molecule has 0 aliphatic rings. The predicted molar refractivity (Wildman–Crippen MR) is 79.2 cm³/mol. The Hall–Kier alpha value is -1.55. The van der Waals surface area contributed by atoms with E-state index in [1.165, 1.54) is 6.07 Å². The number of amides is 1. The van der Waals surface area contributed by atoms with E-state index < -0.39 is 0 Å². The molecule has 100 valence electrons. The molecule has 0 fully saturated rings. The molecule has 0 spiro atoms. The fourth-order valence-electron chi connectivity index (χ4n) is 1.98. The fraction of sp³-hybridized carbons (Fsp3) is 0.267. The largest absolute Gasteiger partial charge is 0.341 e. The molecule has 2 aromatic rings. The highest BCUT2D eigenvalue weighted by Crippen LogP contribution is 2.22. The highest BCUT2D eigenvalue weighted by atomic mass is 32.2. The molecule has 0 saturated carbocycles. The molecule has 0 unspecified atom stereocenters. The number of carbonyl (C=O) groups is 1. The van der Waals surface area contributed by atoms with Crippen LogP contribution in [0.25, 0.3) is 10.8 Å². The summed E-state index contributed by atoms with van der Waals surface area (Å²) in [6.45, 7) is 0.686. The first-order chi connectivity index (χ1) is 9.15. The Kier molecular flexibility index (Phi) is 4.43. The molecule has 4 heteroatoms. The van der Waals surface area contributed by atoms with Crippen molar-refractivity contribution in [3.05, 3.63) is 47.8 Å². The van der Waals surface area contributed by atoms with Crippen LogP contribution < -0.4 is 0 Å². The summed E-state index contributed by atoms with van der Waals surface area (Å²) in [4.78, 5) is 14.0. The predicted octanol–water partition coefficient (Wildman–Crippen LogP) is 3.41. The second-order valence-corrected chi connectivity index (χ2v) is 5.35. The summed E-state index contributed by atoms with van der Waals surface area (Å²) >= 11 is 1.69. The molecule has 0 heterocycles. The quantitative estimate of drug-likeness (QED) is 0.853. The topological polar surface area (TPSA) is 20.3 Å². The number of rotatable bonds is 4. The van der Waals surface area contributed by atoms with Crippen molar-refractivity contribution in [2.75, 3.05) is 25.6 Å². The van der Waals surface area contributed by atoms with Gasteiger partial charge in [-0.3, -0.25) is 4.79 Å². The van der Waals surface area contributed by atoms with Gasteiger partial charge >= 0.3 is 0 Å². The number of hydrogen-bond acceptors (Lipinski definition) is 2. The normalized spacial score (nSPS) is 10.7. The van der Waals surface area contributed by atoms with E-state index in [1.807, 2.05) is 12.3 Å². The third-order valence-corrected chi connectivity index (χ3v) is 3.67. The number of fused-ring (bicyclic) bond motifs is 1. The lowest BCUT2D eigenvalue weighted by molar-refractivity contribution is 0.0805. The standard InChI is InChI=1S/C15H16FNOS/c1-17(9-10-19-2)15(18)13-7-8-14(16)12-6-4-3-5-11(12)13/h3-8H,9-10H2,1-2H3. The van der Waals surface area contributed by atoms with Crippen molar-refractivity contribution >= 4 is 28.4 Å². The zero-order chi connectivity index (χ0) is 13.8. The maximum Gasteiger partial charge on any atom is 0.254 e. The van der Waals surface area contributed by atoms with Gasteiger partial charge in [0, 0.05) is 30.3 Å². The molecule has 2 aromatic carbocycles. The van der Waals surface area contributed by atoms with E-state index in [9.17, 15) is 9.18 Å². The van der Waals surface area contributed by atoms with Crippen LogP contribution in [0.4, 0.5) is 4.39 Å². The third-order valence-electron chi connectivity index (χ3n) is 3.08. The summed E-state index contributed by atoms with van der Waals surface area (Å²) in [5, 5.41) is 1.16. The van der Waals surface area contributed by atoms with Crippen LogP contribution >= 0.6 is 11.8 Å². The van der Waals surface area contributed by atoms with Gasteiger partial charge in [0.1, 0.15) is 5.82 Å². The molecule has 2 nitrogen and oxygen atoms in total. The third kappa shape index (κ3) is 2.89. The maximum absolute atomic E-state index is 13.7. The van der Waals surface area contributed by atoms with Crippen molar-refractivity contribution < 1.29 is 9.18 Å². The number of nitrogens with zero attached hydrogens (tertiary/aromatic N) is 1. The van der Waals surface area contributed by atoms with Crippen molar-refractivity contribution in [1.82, 2.24) is 4.90 Å². The van der Waals surface area contributed by atoms with Crippen LogP contribution in [0, 0.1) is 5.82 Å². The Morgan fingerprint density at radius 1 is 1.21 bits per heavy atom. The van der Waals surface area contributed by atoms with Crippen molar-refractivity contribution in [3.8, 4) is 0 Å². The van der Waals surface area contributed by atoms with Crippen LogP contribution in [-0.4, -0.2) is 36.4 Å². The summed E-state index contributed by atoms with van der Waals surface area (Å²) in [5.74, 6) is 0.533. The van der Waals surface area contributed by atoms with Crippen LogP contribution in [0.2, 0.25) is 0 Å². The lowest BCUT2D eigenvalue weighted by Crippen LogP contribution is -2.29. The van der Waals surface area contributed by atoms with Crippen LogP contribution in [0.15, 0.2) is 36.4 Å². The van der Waals surface area contributed by atoms with E-state index >= 15 is 0 Å². The molecule has 0 radical (unpaired) electrons. The minimum atomic E-state index is -0.293. The average molecular weight is 277 g/mol. The van der Waals surface area contributed by atoms with E-state index in [0.717, 1.165) is 5.75 Å². The second kappa shape index (κ2) is 6.06. The van der Waals surface area contributed by atoms with Gasteiger partial charge in [-0.05, 0) is 23.8 Å². The van der Waals surface area contributed by atoms with E-state index in [0.29, 0.717) is 22.9 Å². The zero-order valence-electron chi connectivity index (χ0n) is 11.0. The molecular formula is C15H16FNOS. The molecule has 19 heavy (non-hydrogen) atoms. The molecule has 0 atom stereocenters. The zero-order valence-corrected chi connectivity index (χ0v) is 11.8. The van der Waals surface area contributed by atoms with Gasteiger partial charge in [-0.2, -0.15) is 11.8 Å². The van der Waals surface area contributed by atoms with Crippen molar-refractivity contribution in [1.29, 1.82) is 0 Å². The Balaban J connectivity index is 2.40. The SMILES string of the molecule is CSCCN(C)C(=O)c1ccc(F)c2ccccc12. The molecule has 0 aromatic heterocycles.